The molecule has 0 atom stereocenters. The first-order chi connectivity index (χ1) is 7.18. The van der Waals surface area contributed by atoms with E-state index in [1.807, 2.05) is 0 Å². The van der Waals surface area contributed by atoms with Crippen LogP contribution in [0.2, 0.25) is 0 Å². The van der Waals surface area contributed by atoms with E-state index in [9.17, 15) is 4.79 Å². The number of nitrogens with two attached hydrogens (primary N) is 1. The van der Waals surface area contributed by atoms with Crippen molar-refractivity contribution < 1.29 is 4.79 Å². The molecule has 5 heteroatoms. The molecule has 0 aromatic carbocycles. The van der Waals surface area contributed by atoms with Gasteiger partial charge in [0.2, 0.25) is 0 Å². The number of fused-ring (bicyclic) bond motifs is 1. The Morgan fingerprint density at radius 2 is 2.33 bits per heavy atom. The van der Waals surface area contributed by atoms with Gasteiger partial charge in [-0.05, 0) is 19.1 Å². The molecule has 3 N–H and O–H groups in total. The van der Waals surface area contributed by atoms with Gasteiger partial charge in [0.25, 0.3) is 0 Å². The van der Waals surface area contributed by atoms with Gasteiger partial charge in [0.05, 0.1) is 5.39 Å². The maximum absolute atomic E-state index is 10.8. The number of aromatic nitrogens is 3. The Kier molecular flexibility index (Phi) is 2.21. The fourth-order valence-electron chi connectivity index (χ4n) is 1.35. The molecular weight excluding hydrogens is 192 g/mol. The number of aromatic amines is 1. The van der Waals surface area contributed by atoms with Gasteiger partial charge in [0, 0.05) is 11.8 Å². The van der Waals surface area contributed by atoms with Crippen LogP contribution in [-0.2, 0) is 4.79 Å². The summed E-state index contributed by atoms with van der Waals surface area (Å²) in [7, 11) is 0. The normalized spacial score (nSPS) is 11.3. The Labute approximate surface area is 86.0 Å². The van der Waals surface area contributed by atoms with Crippen LogP contribution in [0.4, 0.5) is 5.82 Å². The number of carbonyl (C=O) groups excluding carboxylic acids is 1. The summed E-state index contributed by atoms with van der Waals surface area (Å²) in [5, 5.41) is 0.745. The standard InChI is InChI=1S/C10H10N4O/c1-6(15)2-3-7-4-12-10-8(7)9(11)13-5-14-10/h2-5H,1H3,(H3,11,12,13,14)/b3-2+. The summed E-state index contributed by atoms with van der Waals surface area (Å²) in [6, 6.07) is 0. The van der Waals surface area contributed by atoms with Crippen LogP contribution >= 0.6 is 0 Å². The topological polar surface area (TPSA) is 84.7 Å². The molecule has 0 fully saturated rings. The summed E-state index contributed by atoms with van der Waals surface area (Å²) < 4.78 is 0. The highest BCUT2D eigenvalue weighted by atomic mass is 16.1. The van der Waals surface area contributed by atoms with Crippen LogP contribution in [0.3, 0.4) is 0 Å². The summed E-state index contributed by atoms with van der Waals surface area (Å²) in [6.45, 7) is 1.49. The van der Waals surface area contributed by atoms with Crippen LogP contribution in [0.25, 0.3) is 17.1 Å². The molecule has 0 amide bonds. The van der Waals surface area contributed by atoms with E-state index in [0.717, 1.165) is 10.9 Å². The third-order valence-electron chi connectivity index (χ3n) is 2.03. The number of allylic oxidation sites excluding steroid dienone is 1. The Hall–Kier alpha value is -2.17. The third-order valence-corrected chi connectivity index (χ3v) is 2.03. The lowest BCUT2D eigenvalue weighted by Crippen LogP contribution is -1.92. The predicted molar refractivity (Wildman–Crippen MR) is 58.0 cm³/mol. The highest BCUT2D eigenvalue weighted by molar-refractivity contribution is 5.98. The Morgan fingerprint density at radius 1 is 1.53 bits per heavy atom. The van der Waals surface area contributed by atoms with E-state index >= 15 is 0 Å². The van der Waals surface area contributed by atoms with Crippen LogP contribution < -0.4 is 5.73 Å². The fraction of sp³-hybridized carbons (Fsp3) is 0.100. The quantitative estimate of drug-likeness (QED) is 0.715. The number of hydrogen-bond acceptors (Lipinski definition) is 4. The molecule has 5 nitrogen and oxygen atoms in total. The maximum Gasteiger partial charge on any atom is 0.152 e. The molecule has 0 unspecified atom stereocenters. The molecule has 0 saturated carbocycles. The second-order valence-corrected chi connectivity index (χ2v) is 3.17. The van der Waals surface area contributed by atoms with Gasteiger partial charge in [-0.2, -0.15) is 0 Å². The van der Waals surface area contributed by atoms with Gasteiger partial charge in [-0.25, -0.2) is 9.97 Å². The van der Waals surface area contributed by atoms with E-state index in [1.165, 1.54) is 19.3 Å². The largest absolute Gasteiger partial charge is 0.383 e. The van der Waals surface area contributed by atoms with E-state index in [1.54, 1.807) is 12.3 Å². The lowest BCUT2D eigenvalue weighted by Gasteiger charge is -1.94. The third kappa shape index (κ3) is 1.71. The van der Waals surface area contributed by atoms with Gasteiger partial charge < -0.3 is 10.7 Å². The fourth-order valence-corrected chi connectivity index (χ4v) is 1.35. The van der Waals surface area contributed by atoms with Gasteiger partial charge in [-0.15, -0.1) is 0 Å². The summed E-state index contributed by atoms with van der Waals surface area (Å²) in [5.41, 5.74) is 7.21. The van der Waals surface area contributed by atoms with Gasteiger partial charge in [-0.3, -0.25) is 4.79 Å². The lowest BCUT2D eigenvalue weighted by atomic mass is 10.2. The molecule has 0 aliphatic rings. The first-order valence-corrected chi connectivity index (χ1v) is 4.44. The lowest BCUT2D eigenvalue weighted by molar-refractivity contribution is -0.112. The number of nitrogens with one attached hydrogen (secondary N) is 1. The molecule has 0 radical (unpaired) electrons. The minimum Gasteiger partial charge on any atom is -0.383 e. The summed E-state index contributed by atoms with van der Waals surface area (Å²) in [5.74, 6) is 0.393. The minimum atomic E-state index is -0.0141. The molecule has 0 bridgehead atoms. The zero-order valence-electron chi connectivity index (χ0n) is 8.19. The van der Waals surface area contributed by atoms with Crippen LogP contribution in [0.15, 0.2) is 18.6 Å². The summed E-state index contributed by atoms with van der Waals surface area (Å²) in [6.07, 6.45) is 6.32. The minimum absolute atomic E-state index is 0.0141. The van der Waals surface area contributed by atoms with Crippen molar-refractivity contribution in [3.05, 3.63) is 24.2 Å². The highest BCUT2D eigenvalue weighted by Gasteiger charge is 2.05. The maximum atomic E-state index is 10.8. The second-order valence-electron chi connectivity index (χ2n) is 3.17. The Bertz CT molecular complexity index is 541. The van der Waals surface area contributed by atoms with E-state index in [0.29, 0.717) is 11.5 Å². The van der Waals surface area contributed by atoms with Gasteiger partial charge in [0.1, 0.15) is 17.8 Å². The number of anilines is 1. The Balaban J connectivity index is 2.57. The number of H-pyrrole nitrogens is 1. The first kappa shape index (κ1) is 9.39. The molecular formula is C10H10N4O. The zero-order chi connectivity index (χ0) is 10.8. The van der Waals surface area contributed by atoms with Crippen LogP contribution in [0, 0.1) is 0 Å². The molecule has 2 heterocycles. The van der Waals surface area contributed by atoms with Gasteiger partial charge in [0.15, 0.2) is 5.78 Å². The summed E-state index contributed by atoms with van der Waals surface area (Å²) >= 11 is 0. The average molecular weight is 202 g/mol. The molecule has 15 heavy (non-hydrogen) atoms. The van der Waals surface area contributed by atoms with Crippen molar-refractivity contribution in [3.8, 4) is 0 Å². The molecule has 2 aromatic rings. The number of rotatable bonds is 2. The zero-order valence-corrected chi connectivity index (χ0v) is 8.19. The van der Waals surface area contributed by atoms with Crippen molar-refractivity contribution in [2.45, 2.75) is 6.92 Å². The van der Waals surface area contributed by atoms with Crippen LogP contribution in [0.5, 0.6) is 0 Å². The molecule has 76 valence electrons. The van der Waals surface area contributed by atoms with E-state index in [-0.39, 0.29) is 5.78 Å². The highest BCUT2D eigenvalue weighted by Crippen LogP contribution is 2.21. The van der Waals surface area contributed by atoms with E-state index in [4.69, 9.17) is 5.73 Å². The second kappa shape index (κ2) is 3.53. The van der Waals surface area contributed by atoms with Gasteiger partial charge in [-0.1, -0.05) is 0 Å². The van der Waals surface area contributed by atoms with Crippen molar-refractivity contribution in [1.82, 2.24) is 15.0 Å². The average Bonchev–Trinajstić information content (AvgIpc) is 2.59. The van der Waals surface area contributed by atoms with Crippen molar-refractivity contribution >= 4 is 28.7 Å². The SMILES string of the molecule is CC(=O)/C=C/c1c[nH]c2ncnc(N)c12. The van der Waals surface area contributed by atoms with Crippen molar-refractivity contribution in [1.29, 1.82) is 0 Å². The van der Waals surface area contributed by atoms with E-state index < -0.39 is 0 Å². The number of hydrogen-bond donors (Lipinski definition) is 2. The molecule has 0 saturated heterocycles. The van der Waals surface area contributed by atoms with Crippen LogP contribution in [-0.4, -0.2) is 20.7 Å². The monoisotopic (exact) mass is 202 g/mol. The number of nitrogen functional groups attached to an aromatic ring is 1. The molecule has 0 aliphatic heterocycles. The Morgan fingerprint density at radius 3 is 3.07 bits per heavy atom. The smallest absolute Gasteiger partial charge is 0.152 e. The van der Waals surface area contributed by atoms with Crippen LogP contribution in [0.1, 0.15) is 12.5 Å². The van der Waals surface area contributed by atoms with E-state index in [2.05, 4.69) is 15.0 Å². The number of carbonyl (C=O) groups is 1. The molecule has 2 aromatic heterocycles. The number of nitrogens with zero attached hydrogens (tertiary/aromatic N) is 2. The first-order valence-electron chi connectivity index (χ1n) is 4.44. The predicted octanol–water partition coefficient (Wildman–Crippen LogP) is 1.14. The number of ketones is 1. The van der Waals surface area contributed by atoms with Crippen molar-refractivity contribution in [2.75, 3.05) is 5.73 Å². The molecule has 0 spiro atoms. The summed E-state index contributed by atoms with van der Waals surface area (Å²) in [4.78, 5) is 21.7. The van der Waals surface area contributed by atoms with Crippen molar-refractivity contribution in [3.63, 3.8) is 0 Å². The van der Waals surface area contributed by atoms with Crippen molar-refractivity contribution in [2.24, 2.45) is 0 Å². The molecule has 0 aliphatic carbocycles. The molecule has 2 rings (SSSR count). The van der Waals surface area contributed by atoms with Gasteiger partial charge >= 0.3 is 0 Å².